The first-order chi connectivity index (χ1) is 17.2. The predicted molar refractivity (Wildman–Crippen MR) is 142 cm³/mol. The third-order valence-electron chi connectivity index (χ3n) is 6.03. The van der Waals surface area contributed by atoms with Crippen LogP contribution in [0.5, 0.6) is 0 Å². The summed E-state index contributed by atoms with van der Waals surface area (Å²) in [6.07, 6.45) is 6.00. The Kier molecular flexibility index (Phi) is 6.72. The Morgan fingerprint density at radius 1 is 1.05 bits per heavy atom. The number of carbonyl (C=O) groups excluding carboxylic acids is 2. The van der Waals surface area contributed by atoms with Crippen LogP contribution in [0.1, 0.15) is 36.7 Å². The largest absolute Gasteiger partial charge is 0.361 e. The zero-order chi connectivity index (χ0) is 27.0. The van der Waals surface area contributed by atoms with Crippen molar-refractivity contribution in [1.82, 2.24) is 15.0 Å². The van der Waals surface area contributed by atoms with Crippen molar-refractivity contribution in [2.45, 2.75) is 32.0 Å². The molecule has 2 amide bonds. The second-order valence-corrected chi connectivity index (χ2v) is 11.9. The first-order valence-electron chi connectivity index (χ1n) is 11.6. The maximum absolute atomic E-state index is 16.3. The van der Waals surface area contributed by atoms with Crippen LogP contribution in [-0.2, 0) is 20.2 Å². The molecule has 0 fully saturated rings. The molecule has 2 unspecified atom stereocenters. The van der Waals surface area contributed by atoms with Crippen LogP contribution in [0, 0.1) is 5.92 Å². The number of aromatic amines is 1. The first-order valence-corrected chi connectivity index (χ1v) is 13.5. The predicted octanol–water partition coefficient (Wildman–Crippen LogP) is 4.12. The molecule has 194 valence electrons. The fourth-order valence-electron chi connectivity index (χ4n) is 4.05. The number of amides is 2. The zero-order valence-corrected chi connectivity index (χ0v) is 21.7. The smallest absolute Gasteiger partial charge is 0.253 e. The van der Waals surface area contributed by atoms with E-state index in [4.69, 9.17) is 0 Å². The average molecular weight is 525 g/mol. The lowest BCUT2D eigenvalue weighted by atomic mass is 9.86. The van der Waals surface area contributed by atoms with E-state index in [0.29, 0.717) is 5.69 Å². The lowest BCUT2D eigenvalue weighted by Gasteiger charge is -2.32. The van der Waals surface area contributed by atoms with Gasteiger partial charge in [0.2, 0.25) is 21.7 Å². The number of alkyl halides is 1. The Labute approximate surface area is 215 Å². The number of allylic oxidation sites excluding steroid dienone is 1. The van der Waals surface area contributed by atoms with Crippen molar-refractivity contribution >= 4 is 38.4 Å². The Bertz CT molecular complexity index is 1520. The molecule has 2 aromatic carbocycles. The standard InChI is InChI=1S/C27H29FN4O4S/c1-26(2,3)19-8-5-18(6-9-19)24(33)31-27(28)13-11-21(32-37(4,35)36)15-22(27)25(34)30-20-10-7-17-12-14-29-23(17)16-20/h5-16,22,29,32H,1-4H3,(H,30,34)(H,31,33). The summed E-state index contributed by atoms with van der Waals surface area (Å²) in [6, 6.07) is 13.8. The van der Waals surface area contributed by atoms with Crippen molar-refractivity contribution in [3.05, 3.63) is 89.8 Å². The van der Waals surface area contributed by atoms with Crippen molar-refractivity contribution in [3.8, 4) is 0 Å². The van der Waals surface area contributed by atoms with Gasteiger partial charge in [0.05, 0.1) is 6.26 Å². The maximum Gasteiger partial charge on any atom is 0.253 e. The first kappa shape index (κ1) is 26.2. The molecule has 1 aliphatic rings. The van der Waals surface area contributed by atoms with Gasteiger partial charge in [0.25, 0.3) is 5.91 Å². The number of H-pyrrole nitrogens is 1. The summed E-state index contributed by atoms with van der Waals surface area (Å²) in [5.41, 5.74) is 2.30. The van der Waals surface area contributed by atoms with E-state index in [0.717, 1.165) is 34.9 Å². The van der Waals surface area contributed by atoms with Crippen LogP contribution < -0.4 is 15.4 Å². The molecule has 4 rings (SSSR count). The van der Waals surface area contributed by atoms with Gasteiger partial charge < -0.3 is 15.6 Å². The number of hydrogen-bond donors (Lipinski definition) is 4. The molecule has 3 aromatic rings. The maximum atomic E-state index is 16.3. The zero-order valence-electron chi connectivity index (χ0n) is 20.9. The highest BCUT2D eigenvalue weighted by Gasteiger charge is 2.44. The Balaban J connectivity index is 1.61. The number of halogens is 1. The van der Waals surface area contributed by atoms with Gasteiger partial charge in [-0.25, -0.2) is 12.8 Å². The summed E-state index contributed by atoms with van der Waals surface area (Å²) in [4.78, 5) is 29.3. The Hall–Kier alpha value is -3.92. The molecule has 4 N–H and O–H groups in total. The fourth-order valence-corrected chi connectivity index (χ4v) is 4.62. The van der Waals surface area contributed by atoms with Crippen LogP contribution >= 0.6 is 0 Å². The van der Waals surface area contributed by atoms with E-state index in [-0.39, 0.29) is 16.7 Å². The van der Waals surface area contributed by atoms with Crippen LogP contribution in [0.4, 0.5) is 10.1 Å². The van der Waals surface area contributed by atoms with Crippen LogP contribution in [-0.4, -0.2) is 37.3 Å². The molecule has 8 nitrogen and oxygen atoms in total. The van der Waals surface area contributed by atoms with Gasteiger partial charge in [-0.1, -0.05) is 39.0 Å². The van der Waals surface area contributed by atoms with E-state index in [1.54, 1.807) is 48.7 Å². The quantitative estimate of drug-likeness (QED) is 0.363. The van der Waals surface area contributed by atoms with Gasteiger partial charge >= 0.3 is 0 Å². The normalized spacial score (nSPS) is 19.8. The molecular weight excluding hydrogens is 495 g/mol. The molecule has 0 spiro atoms. The highest BCUT2D eigenvalue weighted by Crippen LogP contribution is 2.31. The molecule has 2 atom stereocenters. The van der Waals surface area contributed by atoms with E-state index in [9.17, 15) is 18.0 Å². The summed E-state index contributed by atoms with van der Waals surface area (Å²) < 4.78 is 42.0. The molecule has 37 heavy (non-hydrogen) atoms. The number of nitrogens with one attached hydrogen (secondary N) is 4. The molecule has 1 aliphatic carbocycles. The molecule has 0 saturated heterocycles. The second kappa shape index (κ2) is 9.51. The second-order valence-electron chi connectivity index (χ2n) is 10.1. The lowest BCUT2D eigenvalue weighted by Crippen LogP contribution is -2.53. The van der Waals surface area contributed by atoms with Gasteiger partial charge in [0.15, 0.2) is 0 Å². The third kappa shape index (κ3) is 6.08. The van der Waals surface area contributed by atoms with Gasteiger partial charge in [-0.2, -0.15) is 0 Å². The molecule has 0 radical (unpaired) electrons. The number of aromatic nitrogens is 1. The van der Waals surface area contributed by atoms with Crippen LogP contribution in [0.25, 0.3) is 10.9 Å². The highest BCUT2D eigenvalue weighted by molar-refractivity contribution is 7.88. The highest BCUT2D eigenvalue weighted by atomic mass is 32.2. The van der Waals surface area contributed by atoms with Crippen molar-refractivity contribution < 1.29 is 22.4 Å². The molecule has 0 aliphatic heterocycles. The summed E-state index contributed by atoms with van der Waals surface area (Å²) in [7, 11) is -3.68. The van der Waals surface area contributed by atoms with Crippen molar-refractivity contribution in [2.75, 3.05) is 11.6 Å². The van der Waals surface area contributed by atoms with Crippen molar-refractivity contribution in [2.24, 2.45) is 5.92 Å². The summed E-state index contributed by atoms with van der Waals surface area (Å²) >= 11 is 0. The fraction of sp³-hybridized carbons (Fsp3) is 0.259. The van der Waals surface area contributed by atoms with E-state index >= 15 is 4.39 Å². The SMILES string of the molecule is CC(C)(C)c1ccc(C(=O)NC2(F)C=CC(NS(C)(=O)=O)=CC2C(=O)Nc2ccc3cc[nH]c3c2)cc1. The van der Waals surface area contributed by atoms with Gasteiger partial charge in [-0.3, -0.25) is 14.3 Å². The van der Waals surface area contributed by atoms with E-state index in [2.05, 4.69) is 20.3 Å². The number of carbonyl (C=O) groups is 2. The summed E-state index contributed by atoms with van der Waals surface area (Å²) in [5, 5.41) is 5.91. The average Bonchev–Trinajstić information content (AvgIpc) is 3.27. The molecule has 1 heterocycles. The Morgan fingerprint density at radius 3 is 2.41 bits per heavy atom. The van der Waals surface area contributed by atoms with Gasteiger partial charge in [0.1, 0.15) is 5.92 Å². The van der Waals surface area contributed by atoms with Gasteiger partial charge in [-0.15, -0.1) is 0 Å². The number of sulfonamides is 1. The minimum Gasteiger partial charge on any atom is -0.361 e. The van der Waals surface area contributed by atoms with Gasteiger partial charge in [0, 0.05) is 28.7 Å². The van der Waals surface area contributed by atoms with E-state index in [1.165, 1.54) is 6.08 Å². The van der Waals surface area contributed by atoms with Crippen LogP contribution in [0.3, 0.4) is 0 Å². The van der Waals surface area contributed by atoms with Crippen molar-refractivity contribution in [1.29, 1.82) is 0 Å². The van der Waals surface area contributed by atoms with Crippen molar-refractivity contribution in [3.63, 3.8) is 0 Å². The molecule has 10 heteroatoms. The Morgan fingerprint density at radius 2 is 1.76 bits per heavy atom. The van der Waals surface area contributed by atoms with Gasteiger partial charge in [-0.05, 0) is 64.9 Å². The molecular formula is C27H29FN4O4S. The number of rotatable bonds is 6. The van der Waals surface area contributed by atoms with E-state index < -0.39 is 33.5 Å². The van der Waals surface area contributed by atoms with E-state index in [1.807, 2.05) is 26.8 Å². The number of hydrogen-bond acceptors (Lipinski definition) is 4. The number of fused-ring (bicyclic) bond motifs is 1. The van der Waals surface area contributed by atoms with Crippen LogP contribution in [0.2, 0.25) is 0 Å². The molecule has 1 aromatic heterocycles. The topological polar surface area (TPSA) is 120 Å². The van der Waals surface area contributed by atoms with Crippen LogP contribution in [0.15, 0.2) is 78.7 Å². The molecule has 0 bridgehead atoms. The minimum atomic E-state index is -3.68. The lowest BCUT2D eigenvalue weighted by molar-refractivity contribution is -0.122. The minimum absolute atomic E-state index is 0.0134. The number of anilines is 1. The third-order valence-corrected chi connectivity index (χ3v) is 6.64. The number of benzene rings is 2. The molecule has 0 saturated carbocycles. The summed E-state index contributed by atoms with van der Waals surface area (Å²) in [6.45, 7) is 6.12. The summed E-state index contributed by atoms with van der Waals surface area (Å²) in [5.74, 6) is -5.68. The monoisotopic (exact) mass is 524 g/mol.